The molecule has 0 spiro atoms. The molecule has 0 unspecified atom stereocenters. The summed E-state index contributed by atoms with van der Waals surface area (Å²) in [7, 11) is -8.36. The normalized spacial score (nSPS) is 12.3. The molecule has 0 bridgehead atoms. The summed E-state index contributed by atoms with van der Waals surface area (Å²) in [6.45, 7) is 0. The van der Waals surface area contributed by atoms with Gasteiger partial charge in [-0.05, 0) is 12.1 Å². The molecule has 0 aliphatic rings. The lowest BCUT2D eigenvalue weighted by Gasteiger charge is -2.11. The minimum atomic E-state index is -4.18. The molecule has 2 aromatic carbocycles. The average molecular weight is 348 g/mol. The molecule has 0 saturated heterocycles. The van der Waals surface area contributed by atoms with Crippen molar-refractivity contribution in [2.75, 3.05) is 0 Å². The fourth-order valence-electron chi connectivity index (χ4n) is 1.68. The zero-order valence-electron chi connectivity index (χ0n) is 10.9. The van der Waals surface area contributed by atoms with Gasteiger partial charge in [0, 0.05) is 10.8 Å². The first-order valence-corrected chi connectivity index (χ1v) is 8.45. The van der Waals surface area contributed by atoms with Crippen LogP contribution in [0.25, 0.3) is 10.8 Å². The Hall–Kier alpha value is -1.96. The first kappa shape index (κ1) is 16.4. The molecule has 0 saturated carbocycles. The van der Waals surface area contributed by atoms with Crippen molar-refractivity contribution in [3.8, 4) is 11.5 Å². The van der Waals surface area contributed by atoms with Gasteiger partial charge in [0.05, 0.1) is 0 Å². The predicted molar refractivity (Wildman–Crippen MR) is 77.7 cm³/mol. The van der Waals surface area contributed by atoms with Crippen LogP contribution in [-0.2, 0) is 20.6 Å². The number of nitrogens with two attached hydrogens (primary N) is 2. The summed E-state index contributed by atoms with van der Waals surface area (Å²) in [5.41, 5.74) is 0. The minimum Gasteiger partial charge on any atom is -0.369 e. The summed E-state index contributed by atoms with van der Waals surface area (Å²) in [4.78, 5) is 3.03. The van der Waals surface area contributed by atoms with Crippen LogP contribution in [0, 0.1) is 0 Å². The van der Waals surface area contributed by atoms with E-state index in [-0.39, 0.29) is 11.5 Å². The van der Waals surface area contributed by atoms with Crippen molar-refractivity contribution in [3.05, 3.63) is 36.4 Å². The van der Waals surface area contributed by atoms with Crippen LogP contribution in [-0.4, -0.2) is 16.8 Å². The van der Waals surface area contributed by atoms with E-state index in [0.717, 1.165) is 0 Å². The van der Waals surface area contributed by atoms with E-state index in [0.29, 0.717) is 10.8 Å². The van der Waals surface area contributed by atoms with Crippen LogP contribution in [0.2, 0.25) is 0 Å². The Balaban J connectivity index is 2.56. The van der Waals surface area contributed by atoms with Gasteiger partial charge in [-0.1, -0.05) is 24.3 Å². The van der Waals surface area contributed by atoms with Crippen LogP contribution >= 0.6 is 0 Å². The zero-order chi connectivity index (χ0) is 16.4. The summed E-state index contributed by atoms with van der Waals surface area (Å²) in [6, 6.07) is 8.70. The fraction of sp³-hybridized carbons (Fsp3) is 0. The number of benzene rings is 2. The number of nitrogens with one attached hydrogen (secondary N) is 2. The van der Waals surface area contributed by atoms with Crippen molar-refractivity contribution in [2.45, 2.75) is 0 Å². The molecule has 22 heavy (non-hydrogen) atoms. The minimum absolute atomic E-state index is 0.0565. The lowest BCUT2D eigenvalue weighted by atomic mass is 10.1. The van der Waals surface area contributed by atoms with E-state index in [9.17, 15) is 16.8 Å². The fourth-order valence-corrected chi connectivity index (χ4v) is 2.54. The first-order valence-electron chi connectivity index (χ1n) is 5.63. The second kappa shape index (κ2) is 6.04. The lowest BCUT2D eigenvalue weighted by molar-refractivity contribution is 0.471. The van der Waals surface area contributed by atoms with E-state index in [4.69, 9.17) is 20.1 Å². The van der Waals surface area contributed by atoms with Crippen molar-refractivity contribution in [3.63, 3.8) is 0 Å². The molecule has 0 aliphatic carbocycles. The highest BCUT2D eigenvalue weighted by atomic mass is 32.2. The largest absolute Gasteiger partial charge is 0.395 e. The third-order valence-electron chi connectivity index (χ3n) is 2.53. The van der Waals surface area contributed by atoms with Crippen LogP contribution in [0.15, 0.2) is 36.4 Å². The summed E-state index contributed by atoms with van der Waals surface area (Å²) >= 11 is 0. The Morgan fingerprint density at radius 2 is 1.09 bits per heavy atom. The van der Waals surface area contributed by atoms with Crippen molar-refractivity contribution in [1.29, 1.82) is 0 Å². The number of hydrogen-bond acceptors (Lipinski definition) is 8. The van der Waals surface area contributed by atoms with Gasteiger partial charge in [0.2, 0.25) is 0 Å². The van der Waals surface area contributed by atoms with E-state index >= 15 is 0 Å². The van der Waals surface area contributed by atoms with Crippen molar-refractivity contribution >= 4 is 31.4 Å². The van der Waals surface area contributed by atoms with Gasteiger partial charge in [0.1, 0.15) is 0 Å². The number of fused-ring (bicyclic) bond motifs is 1. The van der Waals surface area contributed by atoms with E-state index in [1.54, 1.807) is 0 Å². The Morgan fingerprint density at radius 1 is 0.727 bits per heavy atom. The maximum Gasteiger partial charge on any atom is 0.395 e. The molecule has 0 aliphatic heterocycles. The van der Waals surface area contributed by atoms with Crippen LogP contribution in [0.4, 0.5) is 0 Å². The Bertz CT molecular complexity index is 822. The monoisotopic (exact) mass is 348 g/mol. The molecule has 10 nitrogen and oxygen atoms in total. The summed E-state index contributed by atoms with van der Waals surface area (Å²) in [5, 5.41) is 0.595. The first-order chi connectivity index (χ1) is 10.3. The smallest absolute Gasteiger partial charge is 0.369 e. The van der Waals surface area contributed by atoms with Gasteiger partial charge < -0.3 is 8.37 Å². The zero-order valence-corrected chi connectivity index (χ0v) is 12.5. The van der Waals surface area contributed by atoms with E-state index in [2.05, 4.69) is 0 Å². The van der Waals surface area contributed by atoms with Gasteiger partial charge in [0.25, 0.3) is 0 Å². The van der Waals surface area contributed by atoms with Crippen molar-refractivity contribution < 1.29 is 25.2 Å². The third kappa shape index (κ3) is 3.62. The lowest BCUT2D eigenvalue weighted by Crippen LogP contribution is -2.34. The summed E-state index contributed by atoms with van der Waals surface area (Å²) in [6.07, 6.45) is 0. The summed E-state index contributed by atoms with van der Waals surface area (Å²) in [5.74, 6) is 9.57. The molecular weight excluding hydrogens is 336 g/mol. The molecular formula is C10H12N4O6S2. The molecule has 0 fully saturated rings. The maximum absolute atomic E-state index is 11.4. The number of hydrazine groups is 2. The number of hydrogen-bond donors (Lipinski definition) is 4. The van der Waals surface area contributed by atoms with Crippen LogP contribution in [0.1, 0.15) is 0 Å². The van der Waals surface area contributed by atoms with Gasteiger partial charge in [0.15, 0.2) is 11.5 Å². The van der Waals surface area contributed by atoms with Gasteiger partial charge in [-0.3, -0.25) is 11.7 Å². The van der Waals surface area contributed by atoms with Crippen LogP contribution in [0.3, 0.4) is 0 Å². The van der Waals surface area contributed by atoms with Gasteiger partial charge in [-0.15, -0.1) is 9.66 Å². The quantitative estimate of drug-likeness (QED) is 0.382. The highest BCUT2D eigenvalue weighted by molar-refractivity contribution is 7.85. The molecule has 0 radical (unpaired) electrons. The molecule has 12 heteroatoms. The van der Waals surface area contributed by atoms with Crippen molar-refractivity contribution in [1.82, 2.24) is 9.66 Å². The van der Waals surface area contributed by atoms with E-state index < -0.39 is 20.6 Å². The highest BCUT2D eigenvalue weighted by Gasteiger charge is 2.16. The molecule has 120 valence electrons. The van der Waals surface area contributed by atoms with Crippen LogP contribution in [0.5, 0.6) is 11.5 Å². The second-order valence-corrected chi connectivity index (χ2v) is 6.54. The number of rotatable bonds is 6. The van der Waals surface area contributed by atoms with E-state index in [1.165, 1.54) is 46.1 Å². The second-order valence-electron chi connectivity index (χ2n) is 3.92. The van der Waals surface area contributed by atoms with Crippen LogP contribution < -0.4 is 29.7 Å². The van der Waals surface area contributed by atoms with Crippen molar-refractivity contribution in [2.24, 2.45) is 11.7 Å². The van der Waals surface area contributed by atoms with E-state index in [1.807, 2.05) is 0 Å². The third-order valence-corrected chi connectivity index (χ3v) is 3.91. The maximum atomic E-state index is 11.4. The van der Waals surface area contributed by atoms with Gasteiger partial charge in [-0.25, -0.2) is 0 Å². The molecule has 2 rings (SSSR count). The highest BCUT2D eigenvalue weighted by Crippen LogP contribution is 2.33. The Kier molecular flexibility index (Phi) is 4.50. The average Bonchev–Trinajstić information content (AvgIpc) is 2.48. The topological polar surface area (TPSA) is 163 Å². The standard InChI is InChI=1S/C10H12N4O6S2/c11-13-21(15,16)19-9-5-1-3-7-8(9)4-2-6-10(7)20-22(17,18)14-12/h1-6,13-14H,11-12H2. The van der Waals surface area contributed by atoms with Gasteiger partial charge in [-0.2, -0.15) is 16.8 Å². The molecule has 0 amide bonds. The Labute approximate surface area is 126 Å². The SMILES string of the molecule is NNS(=O)(=O)Oc1cccc2c(OS(=O)(=O)NN)cccc12. The molecule has 0 heterocycles. The summed E-state index contributed by atoms with van der Waals surface area (Å²) < 4.78 is 55.0. The predicted octanol–water partition coefficient (Wildman–Crippen LogP) is -0.986. The molecule has 2 aromatic rings. The van der Waals surface area contributed by atoms with Gasteiger partial charge >= 0.3 is 20.6 Å². The molecule has 0 aromatic heterocycles. The molecule has 6 N–H and O–H groups in total. The Morgan fingerprint density at radius 3 is 1.41 bits per heavy atom. The molecule has 0 atom stereocenters.